The van der Waals surface area contributed by atoms with Crippen molar-refractivity contribution >= 4 is 15.9 Å². The summed E-state index contributed by atoms with van der Waals surface area (Å²) >= 11 is 3.20. The lowest BCUT2D eigenvalue weighted by atomic mass is 10.0. The monoisotopic (exact) mass is 300 g/mol. The normalized spacial score (nSPS) is 10.6. The summed E-state index contributed by atoms with van der Waals surface area (Å²) in [5, 5.41) is 0.510. The van der Waals surface area contributed by atoms with Gasteiger partial charge in [0.1, 0.15) is 5.82 Å². The van der Waals surface area contributed by atoms with Crippen molar-refractivity contribution in [3.05, 3.63) is 59.4 Å². The molecule has 0 unspecified atom stereocenters. The summed E-state index contributed by atoms with van der Waals surface area (Å²) < 4.78 is 40.3. The van der Waals surface area contributed by atoms with E-state index in [-0.39, 0.29) is 11.1 Å². The summed E-state index contributed by atoms with van der Waals surface area (Å²) in [6, 6.07) is 8.12. The smallest absolute Gasteiger partial charge is 0.166 e. The Morgan fingerprint density at radius 3 is 2.29 bits per heavy atom. The molecule has 0 saturated carbocycles. The van der Waals surface area contributed by atoms with E-state index in [0.29, 0.717) is 5.33 Å². The van der Waals surface area contributed by atoms with Crippen LogP contribution in [-0.4, -0.2) is 0 Å². The molecule has 88 valence electrons. The highest BCUT2D eigenvalue weighted by Gasteiger charge is 2.13. The first-order chi connectivity index (χ1) is 8.13. The fourth-order valence-electron chi connectivity index (χ4n) is 1.57. The zero-order valence-corrected chi connectivity index (χ0v) is 10.3. The van der Waals surface area contributed by atoms with Crippen molar-refractivity contribution in [1.82, 2.24) is 0 Å². The predicted molar refractivity (Wildman–Crippen MR) is 64.4 cm³/mol. The van der Waals surface area contributed by atoms with Crippen LogP contribution in [0.15, 0.2) is 36.4 Å². The van der Waals surface area contributed by atoms with Crippen LogP contribution in [0.1, 0.15) is 5.56 Å². The van der Waals surface area contributed by atoms with Gasteiger partial charge in [0.25, 0.3) is 0 Å². The highest BCUT2D eigenvalue weighted by Crippen LogP contribution is 2.27. The summed E-state index contributed by atoms with van der Waals surface area (Å²) in [5.74, 6) is -2.57. The van der Waals surface area contributed by atoms with E-state index in [2.05, 4.69) is 15.9 Å². The fraction of sp³-hybridized carbons (Fsp3) is 0.0769. The van der Waals surface area contributed by atoms with Gasteiger partial charge in [-0.1, -0.05) is 40.2 Å². The third-order valence-electron chi connectivity index (χ3n) is 2.43. The lowest BCUT2D eigenvalue weighted by Gasteiger charge is -2.06. The largest absolute Gasteiger partial charge is 0.206 e. The summed E-state index contributed by atoms with van der Waals surface area (Å²) in [6.07, 6.45) is 0. The molecule has 2 aromatic carbocycles. The van der Waals surface area contributed by atoms with E-state index < -0.39 is 17.5 Å². The number of benzene rings is 2. The molecular formula is C13H8BrF3. The first kappa shape index (κ1) is 12.2. The zero-order valence-electron chi connectivity index (χ0n) is 8.68. The van der Waals surface area contributed by atoms with E-state index >= 15 is 0 Å². The van der Waals surface area contributed by atoms with Gasteiger partial charge >= 0.3 is 0 Å². The van der Waals surface area contributed by atoms with Crippen LogP contribution in [0.5, 0.6) is 0 Å². The van der Waals surface area contributed by atoms with Crippen molar-refractivity contribution in [1.29, 1.82) is 0 Å². The quantitative estimate of drug-likeness (QED) is 0.707. The van der Waals surface area contributed by atoms with Crippen LogP contribution < -0.4 is 0 Å². The Labute approximate surface area is 105 Å². The zero-order chi connectivity index (χ0) is 12.4. The van der Waals surface area contributed by atoms with E-state index in [9.17, 15) is 13.2 Å². The summed E-state index contributed by atoms with van der Waals surface area (Å²) in [4.78, 5) is 0. The van der Waals surface area contributed by atoms with E-state index in [1.807, 2.05) is 0 Å². The van der Waals surface area contributed by atoms with Gasteiger partial charge in [-0.25, -0.2) is 13.2 Å². The molecule has 0 aliphatic rings. The van der Waals surface area contributed by atoms with Crippen molar-refractivity contribution in [2.24, 2.45) is 0 Å². The van der Waals surface area contributed by atoms with Gasteiger partial charge < -0.3 is 0 Å². The molecule has 17 heavy (non-hydrogen) atoms. The third-order valence-corrected chi connectivity index (χ3v) is 3.08. The Balaban J connectivity index is 2.57. The lowest BCUT2D eigenvalue weighted by Crippen LogP contribution is -1.93. The van der Waals surface area contributed by atoms with Crippen molar-refractivity contribution < 1.29 is 13.2 Å². The highest BCUT2D eigenvalue weighted by atomic mass is 79.9. The molecule has 2 rings (SSSR count). The van der Waals surface area contributed by atoms with Crippen molar-refractivity contribution in [2.75, 3.05) is 0 Å². The van der Waals surface area contributed by atoms with Gasteiger partial charge in [-0.3, -0.25) is 0 Å². The molecule has 0 aromatic heterocycles. The molecule has 0 aliphatic carbocycles. The number of hydrogen-bond acceptors (Lipinski definition) is 0. The van der Waals surface area contributed by atoms with Crippen LogP contribution in [0, 0.1) is 17.5 Å². The van der Waals surface area contributed by atoms with Crippen molar-refractivity contribution in [3.63, 3.8) is 0 Å². The van der Waals surface area contributed by atoms with Crippen molar-refractivity contribution in [2.45, 2.75) is 5.33 Å². The molecule has 0 N–H and O–H groups in total. The molecule has 0 heterocycles. The molecular weight excluding hydrogens is 293 g/mol. The molecule has 0 spiro atoms. The molecule has 0 radical (unpaired) electrons. The Hall–Kier alpha value is -1.29. The number of alkyl halides is 1. The van der Waals surface area contributed by atoms with E-state index in [1.54, 1.807) is 6.07 Å². The molecule has 0 atom stereocenters. The van der Waals surface area contributed by atoms with Gasteiger partial charge in [0.2, 0.25) is 0 Å². The lowest BCUT2D eigenvalue weighted by molar-refractivity contribution is 0.510. The Bertz CT molecular complexity index is 552. The minimum Gasteiger partial charge on any atom is -0.206 e. The molecule has 0 fully saturated rings. The van der Waals surface area contributed by atoms with E-state index in [4.69, 9.17) is 0 Å². The van der Waals surface area contributed by atoms with Gasteiger partial charge in [-0.15, -0.1) is 0 Å². The standard InChI is InChI=1S/C13H8BrF3/c14-7-8-4-5-9(12(16)6-8)10-2-1-3-11(15)13(10)17/h1-6H,7H2. The van der Waals surface area contributed by atoms with Crippen molar-refractivity contribution in [3.8, 4) is 11.1 Å². The molecule has 0 bridgehead atoms. The average molecular weight is 301 g/mol. The van der Waals surface area contributed by atoms with Crippen LogP contribution >= 0.6 is 15.9 Å². The molecule has 0 amide bonds. The van der Waals surface area contributed by atoms with Gasteiger partial charge in [-0.2, -0.15) is 0 Å². The topological polar surface area (TPSA) is 0 Å². The number of hydrogen-bond donors (Lipinski definition) is 0. The molecule has 0 aliphatic heterocycles. The van der Waals surface area contributed by atoms with Gasteiger partial charge in [-0.05, 0) is 17.7 Å². The first-order valence-electron chi connectivity index (χ1n) is 4.92. The van der Waals surface area contributed by atoms with Gasteiger partial charge in [0, 0.05) is 16.5 Å². The van der Waals surface area contributed by atoms with Crippen LogP contribution in [0.3, 0.4) is 0 Å². The Morgan fingerprint density at radius 1 is 0.882 bits per heavy atom. The van der Waals surface area contributed by atoms with E-state index in [0.717, 1.165) is 11.6 Å². The van der Waals surface area contributed by atoms with Crippen LogP contribution in [-0.2, 0) is 5.33 Å². The van der Waals surface area contributed by atoms with Gasteiger partial charge in [0.15, 0.2) is 11.6 Å². The summed E-state index contributed by atoms with van der Waals surface area (Å²) in [5.41, 5.74) is 0.735. The van der Waals surface area contributed by atoms with Crippen LogP contribution in [0.2, 0.25) is 0 Å². The average Bonchev–Trinajstić information content (AvgIpc) is 2.33. The maximum Gasteiger partial charge on any atom is 0.166 e. The second-order valence-electron chi connectivity index (χ2n) is 3.55. The maximum atomic E-state index is 13.7. The van der Waals surface area contributed by atoms with Crippen LogP contribution in [0.25, 0.3) is 11.1 Å². The molecule has 4 heteroatoms. The maximum absolute atomic E-state index is 13.7. The minimum atomic E-state index is -1.03. The number of halogens is 4. The summed E-state index contributed by atoms with van der Waals surface area (Å²) in [7, 11) is 0. The minimum absolute atomic E-state index is 0.0618. The highest BCUT2D eigenvalue weighted by molar-refractivity contribution is 9.08. The number of rotatable bonds is 2. The summed E-state index contributed by atoms with van der Waals surface area (Å²) in [6.45, 7) is 0. The third kappa shape index (κ3) is 2.36. The molecule has 2 aromatic rings. The van der Waals surface area contributed by atoms with Gasteiger partial charge in [0.05, 0.1) is 0 Å². The second kappa shape index (κ2) is 4.92. The molecule has 0 saturated heterocycles. The predicted octanol–water partition coefficient (Wildman–Crippen LogP) is 4.67. The fourth-order valence-corrected chi connectivity index (χ4v) is 1.92. The Kier molecular flexibility index (Phi) is 3.52. The SMILES string of the molecule is Fc1cc(CBr)ccc1-c1cccc(F)c1F. The first-order valence-corrected chi connectivity index (χ1v) is 6.04. The Morgan fingerprint density at radius 2 is 1.65 bits per heavy atom. The molecule has 0 nitrogen and oxygen atoms in total. The van der Waals surface area contributed by atoms with E-state index in [1.165, 1.54) is 24.3 Å². The second-order valence-corrected chi connectivity index (χ2v) is 4.11. The van der Waals surface area contributed by atoms with Crippen LogP contribution in [0.4, 0.5) is 13.2 Å².